The highest BCUT2D eigenvalue weighted by Gasteiger charge is 2.13. The quantitative estimate of drug-likeness (QED) is 0.421. The van der Waals surface area contributed by atoms with Gasteiger partial charge < -0.3 is 14.0 Å². The van der Waals surface area contributed by atoms with Crippen molar-refractivity contribution in [1.29, 1.82) is 0 Å². The molecule has 144 valence electrons. The highest BCUT2D eigenvalue weighted by atomic mass is 16.5. The van der Waals surface area contributed by atoms with E-state index in [0.717, 1.165) is 44.3 Å². The minimum Gasteiger partial charge on any atom is -0.491 e. The zero-order valence-electron chi connectivity index (χ0n) is 15.2. The molecule has 1 aromatic heterocycles. The van der Waals surface area contributed by atoms with Gasteiger partial charge in [-0.2, -0.15) is 0 Å². The summed E-state index contributed by atoms with van der Waals surface area (Å²) in [6.45, 7) is 5.46. The van der Waals surface area contributed by atoms with E-state index in [1.54, 1.807) is 11.6 Å². The number of hydrogen-bond acceptors (Lipinski definition) is 5. The van der Waals surface area contributed by atoms with Crippen LogP contribution in [0, 0.1) is 0 Å². The number of aromatic nitrogens is 1. The van der Waals surface area contributed by atoms with Crippen LogP contribution in [0.3, 0.4) is 0 Å². The van der Waals surface area contributed by atoms with Gasteiger partial charge >= 0.3 is 0 Å². The lowest BCUT2D eigenvalue weighted by molar-refractivity contribution is -0.124. The van der Waals surface area contributed by atoms with Crippen molar-refractivity contribution < 1.29 is 19.5 Å². The van der Waals surface area contributed by atoms with E-state index in [9.17, 15) is 4.79 Å². The number of amides is 1. The molecule has 2 N–H and O–H groups in total. The molecule has 0 spiro atoms. The molecule has 1 saturated heterocycles. The molecule has 2 heterocycles. The Hall–Kier alpha value is -2.61. The van der Waals surface area contributed by atoms with Crippen LogP contribution in [-0.2, 0) is 22.6 Å². The van der Waals surface area contributed by atoms with Crippen LogP contribution in [0.5, 0.6) is 5.75 Å². The van der Waals surface area contributed by atoms with Gasteiger partial charge in [0.15, 0.2) is 0 Å². The van der Waals surface area contributed by atoms with Gasteiger partial charge in [-0.1, -0.05) is 18.2 Å². The summed E-state index contributed by atoms with van der Waals surface area (Å²) in [7, 11) is 0. The van der Waals surface area contributed by atoms with Gasteiger partial charge in [0.05, 0.1) is 19.8 Å². The SMILES string of the molecule is O=C(C=Cc1cccn1CCOc1ccccc1CN1CCOCC1)NO. The molecule has 0 saturated carbocycles. The number of hydroxylamine groups is 1. The fourth-order valence-electron chi connectivity index (χ4n) is 3.01. The fourth-order valence-corrected chi connectivity index (χ4v) is 3.01. The van der Waals surface area contributed by atoms with Crippen molar-refractivity contribution in [2.24, 2.45) is 0 Å². The average molecular weight is 371 g/mol. The van der Waals surface area contributed by atoms with Gasteiger partial charge in [0.25, 0.3) is 5.91 Å². The predicted octanol–water partition coefficient (Wildman–Crippen LogP) is 1.92. The third-order valence-corrected chi connectivity index (χ3v) is 4.44. The summed E-state index contributed by atoms with van der Waals surface area (Å²) in [5.41, 5.74) is 3.62. The van der Waals surface area contributed by atoms with Crippen LogP contribution in [0.4, 0.5) is 0 Å². The summed E-state index contributed by atoms with van der Waals surface area (Å²) in [5, 5.41) is 8.56. The van der Waals surface area contributed by atoms with Crippen LogP contribution in [0.15, 0.2) is 48.7 Å². The molecule has 0 aliphatic carbocycles. The van der Waals surface area contributed by atoms with E-state index in [1.807, 2.05) is 41.1 Å². The number of carbonyl (C=O) groups excluding carboxylic acids is 1. The van der Waals surface area contributed by atoms with Gasteiger partial charge in [-0.25, -0.2) is 5.48 Å². The number of ether oxygens (including phenoxy) is 2. The van der Waals surface area contributed by atoms with Crippen molar-refractivity contribution in [1.82, 2.24) is 14.9 Å². The molecule has 0 unspecified atom stereocenters. The van der Waals surface area contributed by atoms with E-state index in [-0.39, 0.29) is 0 Å². The van der Waals surface area contributed by atoms with Gasteiger partial charge in [0, 0.05) is 43.2 Å². The number of nitrogens with one attached hydrogen (secondary N) is 1. The Morgan fingerprint density at radius 2 is 2.04 bits per heavy atom. The first-order valence-corrected chi connectivity index (χ1v) is 9.04. The monoisotopic (exact) mass is 371 g/mol. The van der Waals surface area contributed by atoms with Crippen LogP contribution in [0.1, 0.15) is 11.3 Å². The van der Waals surface area contributed by atoms with Gasteiger partial charge in [-0.3, -0.25) is 14.9 Å². The number of para-hydroxylation sites is 1. The molecule has 1 aliphatic rings. The first-order valence-electron chi connectivity index (χ1n) is 9.04. The average Bonchev–Trinajstić information content (AvgIpc) is 3.15. The second-order valence-corrected chi connectivity index (χ2v) is 6.28. The molecule has 3 rings (SSSR count). The lowest BCUT2D eigenvalue weighted by atomic mass is 10.2. The number of carbonyl (C=O) groups is 1. The normalized spacial score (nSPS) is 15.1. The van der Waals surface area contributed by atoms with Crippen molar-refractivity contribution in [3.8, 4) is 5.75 Å². The summed E-state index contributed by atoms with van der Waals surface area (Å²) in [6, 6.07) is 11.9. The van der Waals surface area contributed by atoms with Crippen molar-refractivity contribution in [2.75, 3.05) is 32.9 Å². The van der Waals surface area contributed by atoms with Gasteiger partial charge in [0.1, 0.15) is 12.4 Å². The largest absolute Gasteiger partial charge is 0.491 e. The Bertz CT molecular complexity index is 766. The van der Waals surface area contributed by atoms with E-state index in [2.05, 4.69) is 11.0 Å². The Balaban J connectivity index is 1.56. The summed E-state index contributed by atoms with van der Waals surface area (Å²) in [4.78, 5) is 13.5. The first-order chi connectivity index (χ1) is 13.3. The van der Waals surface area contributed by atoms with Crippen molar-refractivity contribution in [3.63, 3.8) is 0 Å². The summed E-state index contributed by atoms with van der Waals surface area (Å²) in [5.74, 6) is 0.337. The Morgan fingerprint density at radius 1 is 1.22 bits per heavy atom. The molecule has 0 bridgehead atoms. The highest BCUT2D eigenvalue weighted by molar-refractivity contribution is 5.90. The summed E-state index contributed by atoms with van der Waals surface area (Å²) >= 11 is 0. The minimum absolute atomic E-state index is 0.516. The zero-order chi connectivity index (χ0) is 18.9. The molecule has 0 radical (unpaired) electrons. The lowest BCUT2D eigenvalue weighted by Crippen LogP contribution is -2.35. The third-order valence-electron chi connectivity index (χ3n) is 4.44. The fraction of sp³-hybridized carbons (Fsp3) is 0.350. The van der Waals surface area contributed by atoms with Crippen LogP contribution < -0.4 is 10.2 Å². The molecule has 1 amide bonds. The zero-order valence-corrected chi connectivity index (χ0v) is 15.2. The molecule has 1 fully saturated rings. The van der Waals surface area contributed by atoms with Crippen molar-refractivity contribution >= 4 is 12.0 Å². The second kappa shape index (κ2) is 9.91. The maximum Gasteiger partial charge on any atom is 0.267 e. The molecule has 27 heavy (non-hydrogen) atoms. The Kier molecular flexibility index (Phi) is 7.04. The second-order valence-electron chi connectivity index (χ2n) is 6.28. The van der Waals surface area contributed by atoms with Crippen molar-refractivity contribution in [3.05, 3.63) is 59.9 Å². The van der Waals surface area contributed by atoms with E-state index in [1.165, 1.54) is 11.6 Å². The maximum absolute atomic E-state index is 11.1. The van der Waals surface area contributed by atoms with E-state index in [0.29, 0.717) is 13.2 Å². The number of hydrogen-bond donors (Lipinski definition) is 2. The van der Waals surface area contributed by atoms with Gasteiger partial charge in [0.2, 0.25) is 0 Å². The Morgan fingerprint density at radius 3 is 2.85 bits per heavy atom. The van der Waals surface area contributed by atoms with Gasteiger partial charge in [-0.15, -0.1) is 0 Å². The van der Waals surface area contributed by atoms with Gasteiger partial charge in [-0.05, 0) is 24.3 Å². The molecular weight excluding hydrogens is 346 g/mol. The van der Waals surface area contributed by atoms with Crippen LogP contribution in [0.25, 0.3) is 6.08 Å². The molecule has 1 aromatic carbocycles. The lowest BCUT2D eigenvalue weighted by Gasteiger charge is -2.27. The summed E-state index contributed by atoms with van der Waals surface area (Å²) in [6.07, 6.45) is 4.86. The van der Waals surface area contributed by atoms with E-state index < -0.39 is 5.91 Å². The van der Waals surface area contributed by atoms with Crippen LogP contribution in [0.2, 0.25) is 0 Å². The maximum atomic E-state index is 11.1. The molecule has 2 aromatic rings. The minimum atomic E-state index is -0.559. The smallest absolute Gasteiger partial charge is 0.267 e. The molecule has 0 atom stereocenters. The van der Waals surface area contributed by atoms with Crippen molar-refractivity contribution in [2.45, 2.75) is 13.1 Å². The topological polar surface area (TPSA) is 76.0 Å². The predicted molar refractivity (Wildman–Crippen MR) is 101 cm³/mol. The van der Waals surface area contributed by atoms with Crippen LogP contribution >= 0.6 is 0 Å². The molecular formula is C20H25N3O4. The Labute approximate surface area is 158 Å². The van der Waals surface area contributed by atoms with E-state index >= 15 is 0 Å². The first kappa shape index (κ1) is 19.2. The highest BCUT2D eigenvalue weighted by Crippen LogP contribution is 2.20. The third kappa shape index (κ3) is 5.68. The van der Waals surface area contributed by atoms with Crippen LogP contribution in [-0.4, -0.2) is 53.5 Å². The summed E-state index contributed by atoms with van der Waals surface area (Å²) < 4.78 is 13.4. The molecule has 1 aliphatic heterocycles. The number of rotatable bonds is 8. The standard InChI is InChI=1S/C20H25N3O4/c24-20(21-25)8-7-18-5-3-9-23(18)12-15-27-19-6-2-1-4-17(19)16-22-10-13-26-14-11-22/h1-9,25H,10-16H2,(H,21,24). The molecule has 7 nitrogen and oxygen atoms in total. The molecule has 7 heteroatoms. The number of morpholine rings is 1. The number of nitrogens with zero attached hydrogens (tertiary/aromatic N) is 2. The number of benzene rings is 1. The van der Waals surface area contributed by atoms with E-state index in [4.69, 9.17) is 14.7 Å².